The van der Waals surface area contributed by atoms with Crippen molar-refractivity contribution in [3.05, 3.63) is 92.5 Å². The Bertz CT molecular complexity index is 1120. The SMILES string of the molecule is CCCCCCc1cc(CCCCCC)cc(C2(C)c3cc(C)c(C)cc3-c3cc(C)c(C)cc32)c1. The Hall–Kier alpha value is -2.34. The second kappa shape index (κ2) is 11.4. The van der Waals surface area contributed by atoms with E-state index >= 15 is 0 Å². The third-order valence-corrected chi connectivity index (χ3v) is 8.90. The summed E-state index contributed by atoms with van der Waals surface area (Å²) in [5, 5.41) is 0. The van der Waals surface area contributed by atoms with Gasteiger partial charge >= 0.3 is 0 Å². The van der Waals surface area contributed by atoms with Crippen molar-refractivity contribution in [3.63, 3.8) is 0 Å². The van der Waals surface area contributed by atoms with Crippen molar-refractivity contribution in [2.24, 2.45) is 0 Å². The molecule has 3 aromatic carbocycles. The first-order valence-electron chi connectivity index (χ1n) is 14.7. The molecule has 3 aromatic rings. The minimum atomic E-state index is -0.112. The van der Waals surface area contributed by atoms with E-state index in [2.05, 4.69) is 90.9 Å². The average molecular weight is 481 g/mol. The van der Waals surface area contributed by atoms with Crippen LogP contribution in [0.1, 0.15) is 122 Å². The summed E-state index contributed by atoms with van der Waals surface area (Å²) in [6.07, 6.45) is 13.0. The van der Waals surface area contributed by atoms with E-state index < -0.39 is 0 Å². The second-order valence-corrected chi connectivity index (χ2v) is 11.7. The standard InChI is InChI=1S/C36H48/c1-8-10-12-14-16-29-22-30(17-15-13-11-9-2)24-31(23-29)36(7)34-20-27(5)25(3)18-32(34)33-19-26(4)28(6)21-35(33)36/h18-24H,8-17H2,1-7H3. The normalized spacial score (nSPS) is 13.6. The molecule has 0 spiro atoms. The maximum atomic E-state index is 2.56. The van der Waals surface area contributed by atoms with Gasteiger partial charge in [0.2, 0.25) is 0 Å². The highest BCUT2D eigenvalue weighted by molar-refractivity contribution is 5.85. The summed E-state index contributed by atoms with van der Waals surface area (Å²) in [5.41, 5.74) is 15.9. The van der Waals surface area contributed by atoms with Gasteiger partial charge in [-0.2, -0.15) is 0 Å². The molecule has 0 saturated carbocycles. The number of aryl methyl sites for hydroxylation is 6. The van der Waals surface area contributed by atoms with E-state index in [1.807, 2.05) is 0 Å². The lowest BCUT2D eigenvalue weighted by Gasteiger charge is -2.30. The van der Waals surface area contributed by atoms with Crippen molar-refractivity contribution in [3.8, 4) is 11.1 Å². The molecule has 4 rings (SSSR count). The van der Waals surface area contributed by atoms with E-state index in [1.165, 1.54) is 125 Å². The Labute approximate surface area is 221 Å². The molecule has 36 heavy (non-hydrogen) atoms. The Kier molecular flexibility index (Phi) is 8.44. The van der Waals surface area contributed by atoms with Gasteiger partial charge in [0, 0.05) is 5.41 Å². The van der Waals surface area contributed by atoms with Crippen LogP contribution in [-0.2, 0) is 18.3 Å². The summed E-state index contributed by atoms with van der Waals surface area (Å²) in [7, 11) is 0. The molecule has 0 heterocycles. The van der Waals surface area contributed by atoms with Gasteiger partial charge in [0.25, 0.3) is 0 Å². The van der Waals surface area contributed by atoms with Crippen LogP contribution >= 0.6 is 0 Å². The minimum absolute atomic E-state index is 0.112. The molecule has 0 bridgehead atoms. The van der Waals surface area contributed by atoms with Crippen LogP contribution in [0.2, 0.25) is 0 Å². The Morgan fingerprint density at radius 1 is 0.500 bits per heavy atom. The molecule has 0 saturated heterocycles. The molecule has 0 unspecified atom stereocenters. The Balaban J connectivity index is 1.84. The quantitative estimate of drug-likeness (QED) is 0.239. The van der Waals surface area contributed by atoms with Crippen molar-refractivity contribution < 1.29 is 0 Å². The third-order valence-electron chi connectivity index (χ3n) is 8.90. The third kappa shape index (κ3) is 5.20. The summed E-state index contributed by atoms with van der Waals surface area (Å²) < 4.78 is 0. The van der Waals surface area contributed by atoms with Crippen LogP contribution in [0.3, 0.4) is 0 Å². The number of fused-ring (bicyclic) bond motifs is 3. The van der Waals surface area contributed by atoms with Crippen LogP contribution < -0.4 is 0 Å². The van der Waals surface area contributed by atoms with Crippen molar-refractivity contribution in [2.45, 2.75) is 118 Å². The van der Waals surface area contributed by atoms with Crippen molar-refractivity contribution in [2.75, 3.05) is 0 Å². The first kappa shape index (κ1) is 26.7. The fourth-order valence-electron chi connectivity index (χ4n) is 6.21. The number of unbranched alkanes of at least 4 members (excludes halogenated alkanes) is 6. The number of hydrogen-bond acceptors (Lipinski definition) is 0. The zero-order valence-electron chi connectivity index (χ0n) is 24.1. The topological polar surface area (TPSA) is 0 Å². The van der Waals surface area contributed by atoms with Crippen molar-refractivity contribution in [1.82, 2.24) is 0 Å². The zero-order valence-corrected chi connectivity index (χ0v) is 24.1. The molecule has 0 nitrogen and oxygen atoms in total. The first-order chi connectivity index (χ1) is 17.3. The van der Waals surface area contributed by atoms with Gasteiger partial charge in [-0.3, -0.25) is 0 Å². The summed E-state index contributed by atoms with van der Waals surface area (Å²) in [4.78, 5) is 0. The lowest BCUT2D eigenvalue weighted by Crippen LogP contribution is -2.23. The van der Waals surface area contributed by atoms with Crippen LogP contribution in [0.15, 0.2) is 42.5 Å². The zero-order chi connectivity index (χ0) is 25.9. The Morgan fingerprint density at radius 3 is 1.33 bits per heavy atom. The number of hydrogen-bond donors (Lipinski definition) is 0. The lowest BCUT2D eigenvalue weighted by molar-refractivity contribution is 0.656. The maximum absolute atomic E-state index is 2.56. The van der Waals surface area contributed by atoms with Gasteiger partial charge in [0.1, 0.15) is 0 Å². The summed E-state index contributed by atoms with van der Waals surface area (Å²) >= 11 is 0. The summed E-state index contributed by atoms with van der Waals surface area (Å²) in [6, 6.07) is 17.5. The van der Waals surface area contributed by atoms with Crippen molar-refractivity contribution in [1.29, 1.82) is 0 Å². The fraction of sp³-hybridized carbons (Fsp3) is 0.500. The smallest absolute Gasteiger partial charge is 0.0435 e. The molecule has 0 fully saturated rings. The molecular formula is C36H48. The van der Waals surface area contributed by atoms with Crippen molar-refractivity contribution >= 4 is 0 Å². The van der Waals surface area contributed by atoms with Crippen LogP contribution in [0.25, 0.3) is 11.1 Å². The number of rotatable bonds is 11. The molecule has 0 N–H and O–H groups in total. The highest BCUT2D eigenvalue weighted by Gasteiger charge is 2.41. The molecule has 0 amide bonds. The molecule has 0 atom stereocenters. The van der Waals surface area contributed by atoms with Gasteiger partial charge in [0.15, 0.2) is 0 Å². The van der Waals surface area contributed by atoms with E-state index in [4.69, 9.17) is 0 Å². The van der Waals surface area contributed by atoms with E-state index in [1.54, 1.807) is 0 Å². The molecule has 0 aromatic heterocycles. The lowest BCUT2D eigenvalue weighted by atomic mass is 9.72. The summed E-state index contributed by atoms with van der Waals surface area (Å²) in [5.74, 6) is 0. The molecule has 1 aliphatic carbocycles. The molecule has 0 aliphatic heterocycles. The van der Waals surface area contributed by atoms with Crippen LogP contribution in [0.4, 0.5) is 0 Å². The van der Waals surface area contributed by atoms with Gasteiger partial charge in [-0.25, -0.2) is 0 Å². The second-order valence-electron chi connectivity index (χ2n) is 11.7. The average Bonchev–Trinajstić information content (AvgIpc) is 3.08. The van der Waals surface area contributed by atoms with Crippen LogP contribution in [-0.4, -0.2) is 0 Å². The fourth-order valence-corrected chi connectivity index (χ4v) is 6.21. The first-order valence-corrected chi connectivity index (χ1v) is 14.7. The minimum Gasteiger partial charge on any atom is -0.0654 e. The van der Waals surface area contributed by atoms with Crippen LogP contribution in [0, 0.1) is 27.7 Å². The van der Waals surface area contributed by atoms with E-state index in [-0.39, 0.29) is 5.41 Å². The predicted octanol–water partition coefficient (Wildman–Crippen LogP) is 10.5. The van der Waals surface area contributed by atoms with E-state index in [0.717, 1.165) is 0 Å². The molecule has 192 valence electrons. The molecular weight excluding hydrogens is 432 g/mol. The molecule has 0 radical (unpaired) electrons. The van der Waals surface area contributed by atoms with Gasteiger partial charge in [-0.1, -0.05) is 94.8 Å². The van der Waals surface area contributed by atoms with Gasteiger partial charge in [-0.05, 0) is 121 Å². The van der Waals surface area contributed by atoms with Gasteiger partial charge < -0.3 is 0 Å². The largest absolute Gasteiger partial charge is 0.0654 e. The maximum Gasteiger partial charge on any atom is 0.0435 e. The summed E-state index contributed by atoms with van der Waals surface area (Å²) in [6.45, 7) is 16.2. The highest BCUT2D eigenvalue weighted by Crippen LogP contribution is 2.54. The predicted molar refractivity (Wildman–Crippen MR) is 159 cm³/mol. The van der Waals surface area contributed by atoms with E-state index in [0.29, 0.717) is 0 Å². The van der Waals surface area contributed by atoms with Crippen LogP contribution in [0.5, 0.6) is 0 Å². The number of benzene rings is 3. The highest BCUT2D eigenvalue weighted by atomic mass is 14.4. The monoisotopic (exact) mass is 480 g/mol. The Morgan fingerprint density at radius 2 is 0.917 bits per heavy atom. The van der Waals surface area contributed by atoms with Gasteiger partial charge in [-0.15, -0.1) is 0 Å². The molecule has 0 heteroatoms. The molecule has 1 aliphatic rings. The van der Waals surface area contributed by atoms with E-state index in [9.17, 15) is 0 Å². The van der Waals surface area contributed by atoms with Gasteiger partial charge in [0.05, 0.1) is 0 Å².